The molecule has 1 heterocycles. The first kappa shape index (κ1) is 23.2. The number of unbranched alkanes of at least 4 members (excludes halogenated alkanes) is 1. The number of guanidine groups is 1. The standard InChI is InChI=1S/C19H26ClN7O3/c1-29-10-11-30-13-7-5-12(6-8-13)4-2-3-9-24-19(23)27-18(28)14-16(21)26-17(22)15(20)25-14/h5-8H,2-4,9-11H2,1H3,(H4,21,22,26)(H3,23,24,27,28). The van der Waals surface area contributed by atoms with Gasteiger partial charge in [-0.05, 0) is 37.0 Å². The number of nitrogens with zero attached hydrogens (tertiary/aromatic N) is 3. The van der Waals surface area contributed by atoms with Crippen LogP contribution in [0.15, 0.2) is 29.3 Å². The van der Waals surface area contributed by atoms with Crippen LogP contribution in [0.25, 0.3) is 0 Å². The summed E-state index contributed by atoms with van der Waals surface area (Å²) in [6.07, 6.45) is 2.62. The van der Waals surface area contributed by atoms with Crippen molar-refractivity contribution in [3.63, 3.8) is 0 Å². The quantitative estimate of drug-likeness (QED) is 0.247. The number of amides is 1. The lowest BCUT2D eigenvalue weighted by Crippen LogP contribution is -2.38. The average molecular weight is 436 g/mol. The number of carbonyl (C=O) groups excluding carboxylic acids is 1. The Balaban J connectivity index is 1.72. The first-order valence-corrected chi connectivity index (χ1v) is 9.69. The lowest BCUT2D eigenvalue weighted by molar-refractivity contribution is 0.0972. The number of nitrogen functional groups attached to an aromatic ring is 2. The summed E-state index contributed by atoms with van der Waals surface area (Å²) in [5, 5.41) is 2.29. The zero-order valence-corrected chi connectivity index (χ0v) is 17.5. The molecule has 2 aromatic rings. The van der Waals surface area contributed by atoms with Crippen LogP contribution in [-0.2, 0) is 11.2 Å². The van der Waals surface area contributed by atoms with Crippen LogP contribution in [0.4, 0.5) is 11.6 Å². The number of carbonyl (C=O) groups is 1. The number of hydrogen-bond acceptors (Lipinski definition) is 8. The number of nitrogens with two attached hydrogens (primary N) is 3. The molecule has 0 radical (unpaired) electrons. The number of rotatable bonds is 10. The van der Waals surface area contributed by atoms with Crippen LogP contribution >= 0.6 is 11.6 Å². The molecule has 11 heteroatoms. The van der Waals surface area contributed by atoms with Crippen LogP contribution in [0.3, 0.4) is 0 Å². The van der Waals surface area contributed by atoms with Gasteiger partial charge in [0, 0.05) is 13.7 Å². The number of hydrogen-bond donors (Lipinski definition) is 4. The fourth-order valence-corrected chi connectivity index (χ4v) is 2.59. The van der Waals surface area contributed by atoms with E-state index >= 15 is 0 Å². The fraction of sp³-hybridized carbons (Fsp3) is 0.368. The molecule has 7 N–H and O–H groups in total. The molecule has 0 aliphatic rings. The zero-order valence-electron chi connectivity index (χ0n) is 16.7. The largest absolute Gasteiger partial charge is 0.491 e. The van der Waals surface area contributed by atoms with Crippen molar-refractivity contribution in [1.29, 1.82) is 0 Å². The van der Waals surface area contributed by atoms with Gasteiger partial charge in [-0.3, -0.25) is 15.1 Å². The zero-order chi connectivity index (χ0) is 21.9. The molecule has 0 aliphatic carbocycles. The van der Waals surface area contributed by atoms with E-state index < -0.39 is 5.91 Å². The first-order chi connectivity index (χ1) is 14.4. The van der Waals surface area contributed by atoms with Gasteiger partial charge in [0.25, 0.3) is 5.91 Å². The number of benzene rings is 1. The molecule has 0 fully saturated rings. The maximum absolute atomic E-state index is 12.2. The van der Waals surface area contributed by atoms with E-state index in [-0.39, 0.29) is 28.4 Å². The van der Waals surface area contributed by atoms with E-state index in [1.807, 2.05) is 24.3 Å². The minimum absolute atomic E-state index is 0.0355. The van der Waals surface area contributed by atoms with Crippen LogP contribution < -0.4 is 27.3 Å². The molecule has 0 atom stereocenters. The van der Waals surface area contributed by atoms with Gasteiger partial charge in [0.15, 0.2) is 28.4 Å². The van der Waals surface area contributed by atoms with E-state index in [1.165, 1.54) is 5.56 Å². The summed E-state index contributed by atoms with van der Waals surface area (Å²) in [5.74, 6) is -0.0720. The Morgan fingerprint density at radius 2 is 1.87 bits per heavy atom. The summed E-state index contributed by atoms with van der Waals surface area (Å²) in [4.78, 5) is 23.8. The van der Waals surface area contributed by atoms with Gasteiger partial charge in [0.2, 0.25) is 0 Å². The lowest BCUT2D eigenvalue weighted by Gasteiger charge is -2.07. The van der Waals surface area contributed by atoms with Gasteiger partial charge in [-0.2, -0.15) is 0 Å². The van der Waals surface area contributed by atoms with Gasteiger partial charge in [-0.1, -0.05) is 23.7 Å². The number of aryl methyl sites for hydroxylation is 1. The Morgan fingerprint density at radius 1 is 1.13 bits per heavy atom. The minimum atomic E-state index is -0.657. The Labute approximate surface area is 179 Å². The van der Waals surface area contributed by atoms with Crippen LogP contribution in [0.5, 0.6) is 5.75 Å². The summed E-state index contributed by atoms with van der Waals surface area (Å²) in [6.45, 7) is 1.55. The highest BCUT2D eigenvalue weighted by Crippen LogP contribution is 2.17. The van der Waals surface area contributed by atoms with Crippen molar-refractivity contribution < 1.29 is 14.3 Å². The minimum Gasteiger partial charge on any atom is -0.491 e. The third-order valence-corrected chi connectivity index (χ3v) is 4.27. The maximum Gasteiger partial charge on any atom is 0.280 e. The summed E-state index contributed by atoms with van der Waals surface area (Å²) < 4.78 is 10.5. The first-order valence-electron chi connectivity index (χ1n) is 9.31. The number of methoxy groups -OCH3 is 1. The monoisotopic (exact) mass is 435 g/mol. The van der Waals surface area contributed by atoms with Gasteiger partial charge in [-0.15, -0.1) is 0 Å². The molecule has 162 valence electrons. The Kier molecular flexibility index (Phi) is 9.10. The number of halogens is 1. The SMILES string of the molecule is COCCOc1ccc(CCCCN=C(N)NC(=O)c2nc(Cl)c(N)nc2N)cc1. The van der Waals surface area contributed by atoms with Crippen molar-refractivity contribution in [2.75, 3.05) is 38.3 Å². The molecular formula is C19H26ClN7O3. The highest BCUT2D eigenvalue weighted by atomic mass is 35.5. The van der Waals surface area contributed by atoms with Crippen molar-refractivity contribution in [2.45, 2.75) is 19.3 Å². The Morgan fingerprint density at radius 3 is 2.57 bits per heavy atom. The summed E-state index contributed by atoms with van der Waals surface area (Å²) in [6, 6.07) is 7.94. The molecule has 10 nitrogen and oxygen atoms in total. The molecule has 0 saturated heterocycles. The molecule has 1 aromatic carbocycles. The van der Waals surface area contributed by atoms with Crippen LogP contribution in [0.1, 0.15) is 28.9 Å². The van der Waals surface area contributed by atoms with Gasteiger partial charge in [0.05, 0.1) is 6.61 Å². The Bertz CT molecular complexity index is 875. The summed E-state index contributed by atoms with van der Waals surface area (Å²) in [7, 11) is 1.64. The Hall–Kier alpha value is -3.11. The molecule has 0 spiro atoms. The molecule has 1 amide bonds. The van der Waals surface area contributed by atoms with Crippen molar-refractivity contribution in [3.05, 3.63) is 40.7 Å². The van der Waals surface area contributed by atoms with E-state index in [0.29, 0.717) is 19.8 Å². The number of aliphatic imine (C=N–C) groups is 1. The third-order valence-electron chi connectivity index (χ3n) is 4.00. The van der Waals surface area contributed by atoms with Gasteiger partial charge in [0.1, 0.15) is 12.4 Å². The van der Waals surface area contributed by atoms with Gasteiger partial charge in [-0.25, -0.2) is 9.97 Å². The molecule has 0 aliphatic heterocycles. The average Bonchev–Trinajstić information content (AvgIpc) is 2.71. The highest BCUT2D eigenvalue weighted by Gasteiger charge is 2.16. The topological polar surface area (TPSA) is 164 Å². The molecular weight excluding hydrogens is 410 g/mol. The van der Waals surface area contributed by atoms with Crippen molar-refractivity contribution in [2.24, 2.45) is 10.7 Å². The molecule has 30 heavy (non-hydrogen) atoms. The number of ether oxygens (including phenoxy) is 2. The van der Waals surface area contributed by atoms with E-state index in [0.717, 1.165) is 25.0 Å². The third kappa shape index (κ3) is 7.37. The van der Waals surface area contributed by atoms with Gasteiger partial charge < -0.3 is 26.7 Å². The van der Waals surface area contributed by atoms with Gasteiger partial charge >= 0.3 is 0 Å². The van der Waals surface area contributed by atoms with E-state index in [2.05, 4.69) is 20.3 Å². The molecule has 0 bridgehead atoms. The smallest absolute Gasteiger partial charge is 0.280 e. The lowest BCUT2D eigenvalue weighted by atomic mass is 10.1. The van der Waals surface area contributed by atoms with Crippen LogP contribution in [-0.4, -0.2) is 48.7 Å². The van der Waals surface area contributed by atoms with Crippen molar-refractivity contribution in [3.8, 4) is 5.75 Å². The molecule has 1 aromatic heterocycles. The predicted octanol–water partition coefficient (Wildman–Crippen LogP) is 1.39. The molecule has 0 unspecified atom stereocenters. The second-order valence-electron chi connectivity index (χ2n) is 6.30. The molecule has 0 saturated carbocycles. The summed E-state index contributed by atoms with van der Waals surface area (Å²) >= 11 is 5.76. The second-order valence-corrected chi connectivity index (χ2v) is 6.65. The maximum atomic E-state index is 12.2. The van der Waals surface area contributed by atoms with Crippen LogP contribution in [0.2, 0.25) is 5.15 Å². The predicted molar refractivity (Wildman–Crippen MR) is 117 cm³/mol. The normalized spacial score (nSPS) is 11.3. The fourth-order valence-electron chi connectivity index (χ4n) is 2.46. The molecule has 2 rings (SSSR count). The summed E-state index contributed by atoms with van der Waals surface area (Å²) in [5.41, 5.74) is 17.9. The number of anilines is 2. The highest BCUT2D eigenvalue weighted by molar-refractivity contribution is 6.31. The van der Waals surface area contributed by atoms with E-state index in [9.17, 15) is 4.79 Å². The van der Waals surface area contributed by atoms with E-state index in [1.54, 1.807) is 7.11 Å². The number of nitrogens with one attached hydrogen (secondary N) is 1. The van der Waals surface area contributed by atoms with Crippen molar-refractivity contribution >= 4 is 35.1 Å². The second kappa shape index (κ2) is 11.8. The van der Waals surface area contributed by atoms with Crippen molar-refractivity contribution in [1.82, 2.24) is 15.3 Å². The number of aromatic nitrogens is 2. The van der Waals surface area contributed by atoms with E-state index in [4.69, 9.17) is 38.3 Å². The van der Waals surface area contributed by atoms with Crippen LogP contribution in [0, 0.1) is 0 Å².